The van der Waals surface area contributed by atoms with E-state index >= 15 is 0 Å². The Balaban J connectivity index is 1.98. The molecule has 0 radical (unpaired) electrons. The molecule has 0 aliphatic rings. The van der Waals surface area contributed by atoms with Crippen LogP contribution in [0.5, 0.6) is 0 Å². The fraction of sp³-hybridized carbons (Fsp3) is 0.375. The lowest BCUT2D eigenvalue weighted by atomic mass is 10.1. The van der Waals surface area contributed by atoms with Crippen LogP contribution in [-0.4, -0.2) is 22.1 Å². The molecule has 1 atom stereocenters. The highest BCUT2D eigenvalue weighted by molar-refractivity contribution is 9.10. The molecular formula is C16H19BrN2O2S. The van der Waals surface area contributed by atoms with Gasteiger partial charge in [0.25, 0.3) is 0 Å². The van der Waals surface area contributed by atoms with Gasteiger partial charge in [0.1, 0.15) is 11.0 Å². The van der Waals surface area contributed by atoms with Gasteiger partial charge in [-0.3, -0.25) is 10.1 Å². The Labute approximate surface area is 142 Å². The zero-order chi connectivity index (χ0) is 15.9. The third-order valence-electron chi connectivity index (χ3n) is 3.30. The zero-order valence-corrected chi connectivity index (χ0v) is 14.8. The number of nitrogens with one attached hydrogen (secondary N) is 1. The number of carboxylic acid groups (broad SMARTS) is 1. The minimum Gasteiger partial charge on any atom is -0.480 e. The molecule has 0 spiro atoms. The second-order valence-corrected chi connectivity index (χ2v) is 6.84. The van der Waals surface area contributed by atoms with Gasteiger partial charge in [-0.15, -0.1) is 11.3 Å². The first-order chi connectivity index (χ1) is 10.6. The predicted molar refractivity (Wildman–Crippen MR) is 93.0 cm³/mol. The first-order valence-electron chi connectivity index (χ1n) is 7.26. The first kappa shape index (κ1) is 17.1. The van der Waals surface area contributed by atoms with E-state index < -0.39 is 12.0 Å². The van der Waals surface area contributed by atoms with Crippen molar-refractivity contribution in [2.24, 2.45) is 0 Å². The van der Waals surface area contributed by atoms with Crippen molar-refractivity contribution >= 4 is 33.2 Å². The molecule has 0 bridgehead atoms. The highest BCUT2D eigenvalue weighted by Crippen LogP contribution is 2.26. The van der Waals surface area contributed by atoms with Gasteiger partial charge in [-0.05, 0) is 18.6 Å². The van der Waals surface area contributed by atoms with Crippen LogP contribution in [0.3, 0.4) is 0 Å². The van der Waals surface area contributed by atoms with Crippen molar-refractivity contribution in [3.8, 4) is 10.6 Å². The Morgan fingerprint density at radius 3 is 3.00 bits per heavy atom. The summed E-state index contributed by atoms with van der Waals surface area (Å²) in [6, 6.07) is 7.49. The molecule has 118 valence electrons. The maximum Gasteiger partial charge on any atom is 0.320 e. The van der Waals surface area contributed by atoms with Gasteiger partial charge in [0.05, 0.1) is 5.69 Å². The van der Waals surface area contributed by atoms with Crippen LogP contribution in [0.15, 0.2) is 34.1 Å². The van der Waals surface area contributed by atoms with E-state index in [1.165, 1.54) is 0 Å². The minimum atomic E-state index is -0.795. The van der Waals surface area contributed by atoms with Crippen LogP contribution in [-0.2, 0) is 11.3 Å². The number of nitrogens with zero attached hydrogens (tertiary/aromatic N) is 1. The van der Waals surface area contributed by atoms with E-state index in [1.807, 2.05) is 29.6 Å². The van der Waals surface area contributed by atoms with Crippen molar-refractivity contribution in [1.29, 1.82) is 0 Å². The van der Waals surface area contributed by atoms with E-state index in [0.29, 0.717) is 13.0 Å². The summed E-state index contributed by atoms with van der Waals surface area (Å²) >= 11 is 5.03. The van der Waals surface area contributed by atoms with Crippen molar-refractivity contribution in [3.63, 3.8) is 0 Å². The van der Waals surface area contributed by atoms with Crippen LogP contribution in [0.25, 0.3) is 10.6 Å². The minimum absolute atomic E-state index is 0.477. The van der Waals surface area contributed by atoms with Crippen LogP contribution in [0.4, 0.5) is 0 Å². The summed E-state index contributed by atoms with van der Waals surface area (Å²) in [7, 11) is 0. The molecule has 0 unspecified atom stereocenters. The summed E-state index contributed by atoms with van der Waals surface area (Å²) in [5.41, 5.74) is 1.94. The molecule has 0 fully saturated rings. The van der Waals surface area contributed by atoms with Crippen LogP contribution >= 0.6 is 27.3 Å². The molecule has 2 N–H and O–H groups in total. The van der Waals surface area contributed by atoms with E-state index in [2.05, 4.69) is 33.2 Å². The topological polar surface area (TPSA) is 62.2 Å². The molecule has 22 heavy (non-hydrogen) atoms. The van der Waals surface area contributed by atoms with Crippen LogP contribution in [0.1, 0.15) is 31.9 Å². The third kappa shape index (κ3) is 4.90. The van der Waals surface area contributed by atoms with Crippen molar-refractivity contribution in [2.45, 2.75) is 38.8 Å². The van der Waals surface area contributed by atoms with E-state index in [-0.39, 0.29) is 0 Å². The third-order valence-corrected chi connectivity index (χ3v) is 4.73. The predicted octanol–water partition coefficient (Wildman–Crippen LogP) is 4.31. The first-order valence-corrected chi connectivity index (χ1v) is 8.94. The summed E-state index contributed by atoms with van der Waals surface area (Å²) in [6.45, 7) is 2.54. The number of benzene rings is 1. The Morgan fingerprint density at radius 1 is 1.50 bits per heavy atom. The molecule has 0 aliphatic heterocycles. The van der Waals surface area contributed by atoms with Crippen LogP contribution < -0.4 is 5.32 Å². The van der Waals surface area contributed by atoms with Gasteiger partial charge in [-0.2, -0.15) is 0 Å². The molecule has 0 saturated heterocycles. The van der Waals surface area contributed by atoms with Gasteiger partial charge in [0.2, 0.25) is 0 Å². The maximum atomic E-state index is 11.2. The standard InChI is InChI=1S/C16H19BrN2O2S/c1-2-3-7-14(16(20)21)18-9-13-10-22-15(19-13)11-5-4-6-12(17)8-11/h4-6,8,10,14,18H,2-3,7,9H2,1H3,(H,20,21)/t14-/m0/s1. The van der Waals surface area contributed by atoms with Gasteiger partial charge in [0, 0.05) is 22.0 Å². The Hall–Kier alpha value is -1.24. The number of hydrogen-bond donors (Lipinski definition) is 2. The number of aliphatic carboxylic acids is 1. The van der Waals surface area contributed by atoms with Crippen molar-refractivity contribution in [2.75, 3.05) is 0 Å². The Morgan fingerprint density at radius 2 is 2.32 bits per heavy atom. The lowest BCUT2D eigenvalue weighted by Gasteiger charge is -2.12. The van der Waals surface area contributed by atoms with Gasteiger partial charge in [-0.1, -0.05) is 47.8 Å². The van der Waals surface area contributed by atoms with Crippen molar-refractivity contribution in [1.82, 2.24) is 10.3 Å². The molecule has 0 aliphatic carbocycles. The van der Waals surface area contributed by atoms with Crippen LogP contribution in [0, 0.1) is 0 Å². The highest BCUT2D eigenvalue weighted by atomic mass is 79.9. The van der Waals surface area contributed by atoms with Gasteiger partial charge in [-0.25, -0.2) is 4.98 Å². The summed E-state index contributed by atoms with van der Waals surface area (Å²) < 4.78 is 1.02. The fourth-order valence-electron chi connectivity index (χ4n) is 2.09. The number of carboxylic acids is 1. The van der Waals surface area contributed by atoms with Crippen molar-refractivity contribution < 1.29 is 9.90 Å². The zero-order valence-electron chi connectivity index (χ0n) is 12.4. The second-order valence-electron chi connectivity index (χ2n) is 5.07. The van der Waals surface area contributed by atoms with E-state index in [0.717, 1.165) is 33.6 Å². The maximum absolute atomic E-state index is 11.2. The normalized spacial score (nSPS) is 12.3. The fourth-order valence-corrected chi connectivity index (χ4v) is 3.31. The molecule has 2 aromatic rings. The average Bonchev–Trinajstić information content (AvgIpc) is 2.96. The SMILES string of the molecule is CCCC[C@H](NCc1csc(-c2cccc(Br)c2)n1)C(=O)O. The van der Waals surface area contributed by atoms with Gasteiger partial charge >= 0.3 is 5.97 Å². The lowest BCUT2D eigenvalue weighted by molar-refractivity contribution is -0.139. The second kappa shape index (κ2) is 8.41. The van der Waals surface area contributed by atoms with Crippen LogP contribution in [0.2, 0.25) is 0 Å². The largest absolute Gasteiger partial charge is 0.480 e. The van der Waals surface area contributed by atoms with Gasteiger partial charge < -0.3 is 5.11 Å². The average molecular weight is 383 g/mol. The summed E-state index contributed by atoms with van der Waals surface area (Å²) in [5, 5.41) is 15.2. The number of carbonyl (C=O) groups is 1. The monoisotopic (exact) mass is 382 g/mol. The summed E-state index contributed by atoms with van der Waals surface area (Å²) in [5.74, 6) is -0.795. The molecule has 0 amide bonds. The lowest BCUT2D eigenvalue weighted by Crippen LogP contribution is -2.36. The molecule has 1 heterocycles. The summed E-state index contributed by atoms with van der Waals surface area (Å²) in [4.78, 5) is 15.8. The number of unbranched alkanes of at least 4 members (excludes halogenated alkanes) is 1. The molecule has 4 nitrogen and oxygen atoms in total. The molecule has 6 heteroatoms. The molecular weight excluding hydrogens is 364 g/mol. The Bertz CT molecular complexity index is 630. The number of halogens is 1. The summed E-state index contributed by atoms with van der Waals surface area (Å²) in [6.07, 6.45) is 2.55. The van der Waals surface area contributed by atoms with Gasteiger partial charge in [0.15, 0.2) is 0 Å². The molecule has 1 aromatic carbocycles. The highest BCUT2D eigenvalue weighted by Gasteiger charge is 2.16. The molecule has 2 rings (SSSR count). The Kier molecular flexibility index (Phi) is 6.54. The number of rotatable bonds is 8. The van der Waals surface area contributed by atoms with E-state index in [9.17, 15) is 9.90 Å². The quantitative estimate of drug-likeness (QED) is 0.713. The smallest absolute Gasteiger partial charge is 0.320 e. The number of hydrogen-bond acceptors (Lipinski definition) is 4. The number of thiazole rings is 1. The molecule has 0 saturated carbocycles. The number of aromatic nitrogens is 1. The van der Waals surface area contributed by atoms with E-state index in [1.54, 1.807) is 11.3 Å². The van der Waals surface area contributed by atoms with E-state index in [4.69, 9.17) is 0 Å². The van der Waals surface area contributed by atoms with Crippen molar-refractivity contribution in [3.05, 3.63) is 39.8 Å². The molecule has 1 aromatic heterocycles.